The second-order valence-electron chi connectivity index (χ2n) is 8.23. The fraction of sp³-hybridized carbons (Fsp3) is 0.870. The second kappa shape index (κ2) is 17.3. The maximum absolute atomic E-state index is 11.1. The molecular formula is C23H42O6. The van der Waals surface area contributed by atoms with Crippen LogP contribution in [0.3, 0.4) is 0 Å². The molecule has 0 amide bonds. The van der Waals surface area contributed by atoms with Crippen LogP contribution in [0.15, 0.2) is 0 Å². The highest BCUT2D eigenvalue weighted by atomic mass is 16.4. The third-order valence-electron chi connectivity index (χ3n) is 5.75. The first-order chi connectivity index (χ1) is 13.9. The fourth-order valence-electron chi connectivity index (χ4n) is 3.71. The molecule has 0 aliphatic heterocycles. The Labute approximate surface area is 176 Å². The van der Waals surface area contributed by atoms with Crippen molar-refractivity contribution in [1.29, 1.82) is 0 Å². The lowest BCUT2D eigenvalue weighted by Gasteiger charge is -2.19. The molecule has 0 aliphatic rings. The molecule has 0 spiro atoms. The van der Waals surface area contributed by atoms with Gasteiger partial charge in [0.05, 0.1) is 0 Å². The minimum Gasteiger partial charge on any atom is -0.480 e. The third-order valence-corrected chi connectivity index (χ3v) is 5.75. The number of carbonyl (C=O) groups is 3. The summed E-state index contributed by atoms with van der Waals surface area (Å²) >= 11 is 0. The monoisotopic (exact) mass is 414 g/mol. The third kappa shape index (κ3) is 11.9. The highest BCUT2D eigenvalue weighted by molar-refractivity contribution is 6.16. The van der Waals surface area contributed by atoms with E-state index >= 15 is 0 Å². The van der Waals surface area contributed by atoms with E-state index in [1.54, 1.807) is 0 Å². The van der Waals surface area contributed by atoms with Crippen molar-refractivity contribution in [2.75, 3.05) is 0 Å². The summed E-state index contributed by atoms with van der Waals surface area (Å²) in [4.78, 5) is 33.4. The van der Waals surface area contributed by atoms with Gasteiger partial charge in [-0.2, -0.15) is 0 Å². The van der Waals surface area contributed by atoms with Gasteiger partial charge in [0, 0.05) is 0 Å². The zero-order valence-corrected chi connectivity index (χ0v) is 18.3. The Balaban J connectivity index is 3.55. The van der Waals surface area contributed by atoms with Gasteiger partial charge in [-0.25, -0.2) is 0 Å². The van der Waals surface area contributed by atoms with E-state index in [9.17, 15) is 14.4 Å². The van der Waals surface area contributed by atoms with Gasteiger partial charge in [-0.15, -0.1) is 0 Å². The standard InChI is InChI=1S/C23H42O6/c1-2-3-4-5-6-7-8-9-10-11-12-13-14-15-16-17-18-19-23(20(24)25,21(26)27)22(28)29/h2-19H2,1H3,(H,24,25)(H,26,27)(H,28,29). The van der Waals surface area contributed by atoms with Gasteiger partial charge >= 0.3 is 17.9 Å². The molecule has 29 heavy (non-hydrogen) atoms. The number of carboxylic acid groups (broad SMARTS) is 3. The van der Waals surface area contributed by atoms with Gasteiger partial charge in [-0.05, 0) is 6.42 Å². The first kappa shape index (κ1) is 27.4. The van der Waals surface area contributed by atoms with E-state index in [4.69, 9.17) is 15.3 Å². The van der Waals surface area contributed by atoms with Crippen molar-refractivity contribution in [3.63, 3.8) is 0 Å². The van der Waals surface area contributed by atoms with E-state index in [1.165, 1.54) is 77.0 Å². The van der Waals surface area contributed by atoms with Crippen LogP contribution >= 0.6 is 0 Å². The summed E-state index contributed by atoms with van der Waals surface area (Å²) in [7, 11) is 0. The number of hydrogen-bond acceptors (Lipinski definition) is 3. The van der Waals surface area contributed by atoms with E-state index < -0.39 is 23.3 Å². The van der Waals surface area contributed by atoms with E-state index in [0.29, 0.717) is 12.8 Å². The van der Waals surface area contributed by atoms with Crippen molar-refractivity contribution in [1.82, 2.24) is 0 Å². The molecule has 0 aromatic rings. The molecule has 0 atom stereocenters. The average molecular weight is 415 g/mol. The molecule has 3 N–H and O–H groups in total. The topological polar surface area (TPSA) is 112 Å². The number of hydrogen-bond donors (Lipinski definition) is 3. The predicted molar refractivity (Wildman–Crippen MR) is 114 cm³/mol. The molecule has 0 rings (SSSR count). The Morgan fingerprint density at radius 2 is 0.724 bits per heavy atom. The van der Waals surface area contributed by atoms with Crippen LogP contribution in [-0.4, -0.2) is 33.2 Å². The van der Waals surface area contributed by atoms with E-state index in [-0.39, 0.29) is 6.42 Å². The van der Waals surface area contributed by atoms with Crippen LogP contribution in [0.2, 0.25) is 0 Å². The molecule has 6 heteroatoms. The lowest BCUT2D eigenvalue weighted by atomic mass is 9.82. The molecule has 0 saturated heterocycles. The Bertz CT molecular complexity index is 424. The molecule has 0 aromatic carbocycles. The molecule has 0 aliphatic carbocycles. The summed E-state index contributed by atoms with van der Waals surface area (Å²) in [6.07, 6.45) is 19.6. The molecule has 0 heterocycles. The van der Waals surface area contributed by atoms with Crippen molar-refractivity contribution in [3.05, 3.63) is 0 Å². The van der Waals surface area contributed by atoms with Gasteiger partial charge in [-0.3, -0.25) is 14.4 Å². The summed E-state index contributed by atoms with van der Waals surface area (Å²) < 4.78 is 0. The molecule has 0 saturated carbocycles. The van der Waals surface area contributed by atoms with Gasteiger partial charge in [0.1, 0.15) is 0 Å². The van der Waals surface area contributed by atoms with Crippen LogP contribution in [0.1, 0.15) is 122 Å². The Hall–Kier alpha value is -1.59. The highest BCUT2D eigenvalue weighted by Crippen LogP contribution is 2.27. The SMILES string of the molecule is CCCCCCCCCCCCCCCCCCCC(C(=O)O)(C(=O)O)C(=O)O. The molecule has 0 unspecified atom stereocenters. The predicted octanol–water partition coefficient (Wildman–Crippen LogP) is 6.27. The van der Waals surface area contributed by atoms with Crippen molar-refractivity contribution in [2.45, 2.75) is 122 Å². The second-order valence-corrected chi connectivity index (χ2v) is 8.23. The van der Waals surface area contributed by atoms with Crippen LogP contribution in [0, 0.1) is 5.41 Å². The van der Waals surface area contributed by atoms with E-state index in [0.717, 1.165) is 19.3 Å². The molecule has 0 aromatic heterocycles. The van der Waals surface area contributed by atoms with Gasteiger partial charge in [0.2, 0.25) is 0 Å². The van der Waals surface area contributed by atoms with Gasteiger partial charge in [-0.1, -0.05) is 116 Å². The maximum Gasteiger partial charge on any atom is 0.332 e. The Morgan fingerprint density at radius 3 is 0.966 bits per heavy atom. The largest absolute Gasteiger partial charge is 0.480 e. The molecule has 0 fully saturated rings. The Kier molecular flexibility index (Phi) is 16.3. The van der Waals surface area contributed by atoms with Crippen molar-refractivity contribution in [2.24, 2.45) is 5.41 Å². The fourth-order valence-corrected chi connectivity index (χ4v) is 3.71. The molecule has 6 nitrogen and oxygen atoms in total. The highest BCUT2D eigenvalue weighted by Gasteiger charge is 2.53. The van der Waals surface area contributed by atoms with Crippen LogP contribution in [-0.2, 0) is 14.4 Å². The van der Waals surface area contributed by atoms with E-state index in [2.05, 4.69) is 6.92 Å². The summed E-state index contributed by atoms with van der Waals surface area (Å²) in [5.74, 6) is -5.39. The summed E-state index contributed by atoms with van der Waals surface area (Å²) in [6, 6.07) is 0. The van der Waals surface area contributed by atoms with E-state index in [1.807, 2.05) is 0 Å². The maximum atomic E-state index is 11.1. The Morgan fingerprint density at radius 1 is 0.483 bits per heavy atom. The van der Waals surface area contributed by atoms with Gasteiger partial charge in [0.25, 0.3) is 5.41 Å². The van der Waals surface area contributed by atoms with Crippen LogP contribution < -0.4 is 0 Å². The van der Waals surface area contributed by atoms with Crippen LogP contribution in [0.5, 0.6) is 0 Å². The first-order valence-electron chi connectivity index (χ1n) is 11.6. The lowest BCUT2D eigenvalue weighted by molar-refractivity contribution is -0.176. The molecular weight excluding hydrogens is 372 g/mol. The van der Waals surface area contributed by atoms with Gasteiger partial charge < -0.3 is 15.3 Å². The average Bonchev–Trinajstić information content (AvgIpc) is 2.66. The summed E-state index contributed by atoms with van der Waals surface area (Å²) in [5, 5.41) is 27.1. The quantitative estimate of drug-likeness (QED) is 0.151. The molecule has 0 bridgehead atoms. The number of rotatable bonds is 21. The van der Waals surface area contributed by atoms with Crippen LogP contribution in [0.25, 0.3) is 0 Å². The summed E-state index contributed by atoms with van der Waals surface area (Å²) in [5.41, 5.74) is -2.71. The van der Waals surface area contributed by atoms with Gasteiger partial charge in [0.15, 0.2) is 0 Å². The zero-order valence-electron chi connectivity index (χ0n) is 18.3. The smallest absolute Gasteiger partial charge is 0.332 e. The van der Waals surface area contributed by atoms with Crippen molar-refractivity contribution >= 4 is 17.9 Å². The van der Waals surface area contributed by atoms with Crippen LogP contribution in [0.4, 0.5) is 0 Å². The van der Waals surface area contributed by atoms with Crippen molar-refractivity contribution in [3.8, 4) is 0 Å². The first-order valence-corrected chi connectivity index (χ1v) is 11.6. The lowest BCUT2D eigenvalue weighted by Crippen LogP contribution is -2.46. The van der Waals surface area contributed by atoms with Crippen molar-refractivity contribution < 1.29 is 29.7 Å². The normalized spacial score (nSPS) is 11.5. The minimum atomic E-state index is -2.71. The minimum absolute atomic E-state index is 0.295. The summed E-state index contributed by atoms with van der Waals surface area (Å²) in [6.45, 7) is 2.25. The zero-order chi connectivity index (χ0) is 22.0. The number of carboxylic acids is 3. The molecule has 0 radical (unpaired) electrons. The molecule has 170 valence electrons. The number of aliphatic carboxylic acids is 3. The number of unbranched alkanes of at least 4 members (excludes halogenated alkanes) is 16.